The maximum Gasteiger partial charge on any atom is 0.321 e. The average molecular weight is 414 g/mol. The average Bonchev–Trinajstić information content (AvgIpc) is 2.92. The highest BCUT2D eigenvalue weighted by atomic mass is 32.2. The Bertz CT molecular complexity index is 826. The van der Waals surface area contributed by atoms with Crippen molar-refractivity contribution in [3.05, 3.63) is 59.7 Å². The van der Waals surface area contributed by atoms with Gasteiger partial charge in [-0.15, -0.1) is 11.8 Å². The molecular weight excluding hydrogens is 382 g/mol. The SMILES string of the molecule is CCCC[C@@]1(CC)N[C@H](c2ccccc2)c2cc(OC)ccc2SC1C(=O)OC. The summed E-state index contributed by atoms with van der Waals surface area (Å²) in [5, 5.41) is 3.61. The predicted molar refractivity (Wildman–Crippen MR) is 119 cm³/mol. The molecule has 0 saturated heterocycles. The zero-order chi connectivity index (χ0) is 20.9. The summed E-state index contributed by atoms with van der Waals surface area (Å²) in [5.74, 6) is 0.648. The fourth-order valence-electron chi connectivity index (χ4n) is 4.12. The van der Waals surface area contributed by atoms with Gasteiger partial charge in [-0.05, 0) is 42.2 Å². The van der Waals surface area contributed by atoms with Crippen molar-refractivity contribution in [2.45, 2.75) is 61.3 Å². The number of thioether (sulfide) groups is 1. The maximum atomic E-state index is 12.9. The van der Waals surface area contributed by atoms with Crippen LogP contribution in [0.3, 0.4) is 0 Å². The van der Waals surface area contributed by atoms with Crippen LogP contribution in [0, 0.1) is 0 Å². The lowest BCUT2D eigenvalue weighted by molar-refractivity contribution is -0.141. The van der Waals surface area contributed by atoms with Gasteiger partial charge in [0.05, 0.1) is 20.3 Å². The molecule has 3 rings (SSSR count). The predicted octanol–water partition coefficient (Wildman–Crippen LogP) is 5.36. The summed E-state index contributed by atoms with van der Waals surface area (Å²) in [6.07, 6.45) is 3.89. The number of carbonyl (C=O) groups is 1. The molecule has 2 aromatic carbocycles. The minimum Gasteiger partial charge on any atom is -0.497 e. The van der Waals surface area contributed by atoms with E-state index in [1.165, 1.54) is 12.7 Å². The van der Waals surface area contributed by atoms with Crippen LogP contribution in [0.25, 0.3) is 0 Å². The van der Waals surface area contributed by atoms with Crippen LogP contribution >= 0.6 is 11.8 Å². The van der Waals surface area contributed by atoms with E-state index in [1.807, 2.05) is 12.1 Å². The largest absolute Gasteiger partial charge is 0.497 e. The monoisotopic (exact) mass is 413 g/mol. The molecule has 0 spiro atoms. The van der Waals surface area contributed by atoms with Crippen LogP contribution in [0.4, 0.5) is 0 Å². The van der Waals surface area contributed by atoms with E-state index in [-0.39, 0.29) is 22.8 Å². The molecule has 0 bridgehead atoms. The number of nitrogens with one attached hydrogen (secondary N) is 1. The fourth-order valence-corrected chi connectivity index (χ4v) is 5.60. The second-order valence-electron chi connectivity index (χ2n) is 7.53. The molecule has 0 saturated carbocycles. The Labute approximate surface area is 178 Å². The molecule has 4 nitrogen and oxygen atoms in total. The maximum absolute atomic E-state index is 12.9. The van der Waals surface area contributed by atoms with Gasteiger partial charge in [-0.2, -0.15) is 0 Å². The van der Waals surface area contributed by atoms with Crippen molar-refractivity contribution >= 4 is 17.7 Å². The van der Waals surface area contributed by atoms with Crippen LogP contribution in [-0.4, -0.2) is 31.0 Å². The number of fused-ring (bicyclic) bond motifs is 1. The number of hydrogen-bond acceptors (Lipinski definition) is 5. The lowest BCUT2D eigenvalue weighted by atomic mass is 9.83. The summed E-state index contributed by atoms with van der Waals surface area (Å²) < 4.78 is 10.8. The van der Waals surface area contributed by atoms with Gasteiger partial charge in [0.2, 0.25) is 0 Å². The Hall–Kier alpha value is -1.98. The first-order chi connectivity index (χ1) is 14.1. The number of ether oxygens (including phenoxy) is 2. The van der Waals surface area contributed by atoms with Gasteiger partial charge in [0.1, 0.15) is 11.0 Å². The molecule has 1 aliphatic heterocycles. The lowest BCUT2D eigenvalue weighted by Gasteiger charge is -2.40. The number of esters is 1. The molecular formula is C24H31NO3S. The summed E-state index contributed by atoms with van der Waals surface area (Å²) in [4.78, 5) is 14.0. The van der Waals surface area contributed by atoms with Crippen molar-refractivity contribution < 1.29 is 14.3 Å². The van der Waals surface area contributed by atoms with Gasteiger partial charge < -0.3 is 9.47 Å². The van der Waals surface area contributed by atoms with E-state index in [2.05, 4.69) is 55.6 Å². The number of benzene rings is 2. The summed E-state index contributed by atoms with van der Waals surface area (Å²) in [6.45, 7) is 4.35. The molecule has 156 valence electrons. The van der Waals surface area contributed by atoms with Crippen LogP contribution in [0.1, 0.15) is 56.7 Å². The normalized spacial score (nSPS) is 23.7. The third kappa shape index (κ3) is 4.46. The third-order valence-electron chi connectivity index (χ3n) is 5.86. The highest BCUT2D eigenvalue weighted by Crippen LogP contribution is 2.46. The number of carbonyl (C=O) groups excluding carboxylic acids is 1. The Morgan fingerprint density at radius 2 is 1.90 bits per heavy atom. The second-order valence-corrected chi connectivity index (χ2v) is 8.67. The number of rotatable bonds is 7. The molecule has 1 heterocycles. The highest BCUT2D eigenvalue weighted by molar-refractivity contribution is 8.00. The van der Waals surface area contributed by atoms with Crippen molar-refractivity contribution in [2.24, 2.45) is 0 Å². The van der Waals surface area contributed by atoms with E-state index in [0.29, 0.717) is 0 Å². The van der Waals surface area contributed by atoms with Crippen molar-refractivity contribution in [1.29, 1.82) is 0 Å². The van der Waals surface area contributed by atoms with Gasteiger partial charge in [-0.3, -0.25) is 10.1 Å². The molecule has 3 atom stereocenters. The summed E-state index contributed by atoms with van der Waals surface area (Å²) in [6, 6.07) is 16.5. The lowest BCUT2D eigenvalue weighted by Crippen LogP contribution is -2.56. The molecule has 0 radical (unpaired) electrons. The number of unbranched alkanes of at least 4 members (excludes halogenated alkanes) is 1. The molecule has 29 heavy (non-hydrogen) atoms. The first-order valence-corrected chi connectivity index (χ1v) is 11.2. The van der Waals surface area contributed by atoms with E-state index in [4.69, 9.17) is 9.47 Å². The minimum atomic E-state index is -0.361. The zero-order valence-corrected chi connectivity index (χ0v) is 18.6. The molecule has 0 aliphatic carbocycles. The van der Waals surface area contributed by atoms with E-state index in [1.54, 1.807) is 18.9 Å². The van der Waals surface area contributed by atoms with Gasteiger partial charge in [0, 0.05) is 10.4 Å². The molecule has 2 aromatic rings. The minimum absolute atomic E-state index is 0.0275. The van der Waals surface area contributed by atoms with Crippen LogP contribution < -0.4 is 10.1 Å². The van der Waals surface area contributed by atoms with Crippen molar-refractivity contribution in [3.63, 3.8) is 0 Å². The topological polar surface area (TPSA) is 47.6 Å². The molecule has 0 aromatic heterocycles. The Balaban J connectivity index is 2.18. The van der Waals surface area contributed by atoms with Crippen LogP contribution in [0.15, 0.2) is 53.4 Å². The van der Waals surface area contributed by atoms with E-state index < -0.39 is 0 Å². The molecule has 5 heteroatoms. The van der Waals surface area contributed by atoms with Crippen molar-refractivity contribution in [2.75, 3.05) is 14.2 Å². The summed E-state index contributed by atoms with van der Waals surface area (Å²) in [5.41, 5.74) is 1.96. The molecule has 1 aliphatic rings. The Kier molecular flexibility index (Phi) is 7.25. The molecule has 1 unspecified atom stereocenters. The second kappa shape index (κ2) is 9.68. The molecule has 1 N–H and O–H groups in total. The summed E-state index contributed by atoms with van der Waals surface area (Å²) >= 11 is 1.62. The fraction of sp³-hybridized carbons (Fsp3) is 0.458. The number of hydrogen-bond donors (Lipinski definition) is 1. The van der Waals surface area contributed by atoms with E-state index in [0.717, 1.165) is 41.9 Å². The quantitative estimate of drug-likeness (QED) is 0.619. The van der Waals surface area contributed by atoms with Gasteiger partial charge in [0.25, 0.3) is 0 Å². The third-order valence-corrected chi connectivity index (χ3v) is 7.37. The standard InChI is InChI=1S/C24H31NO3S/c1-5-7-15-24(6-2)22(23(26)28-4)29-20-14-13-18(27-3)16-19(20)21(25-24)17-11-9-8-10-12-17/h8-14,16,21-22,25H,5-7,15H2,1-4H3/t21-,22?,24-/m1/s1. The highest BCUT2D eigenvalue weighted by Gasteiger charge is 2.47. The van der Waals surface area contributed by atoms with Gasteiger partial charge >= 0.3 is 5.97 Å². The van der Waals surface area contributed by atoms with Crippen molar-refractivity contribution in [3.8, 4) is 5.75 Å². The van der Waals surface area contributed by atoms with Gasteiger partial charge in [-0.1, -0.05) is 57.0 Å². The summed E-state index contributed by atoms with van der Waals surface area (Å²) in [7, 11) is 3.17. The zero-order valence-electron chi connectivity index (χ0n) is 17.7. The van der Waals surface area contributed by atoms with E-state index >= 15 is 0 Å². The van der Waals surface area contributed by atoms with Gasteiger partial charge in [0.15, 0.2) is 0 Å². The van der Waals surface area contributed by atoms with Crippen LogP contribution in [0.2, 0.25) is 0 Å². The smallest absolute Gasteiger partial charge is 0.321 e. The molecule has 0 fully saturated rings. The van der Waals surface area contributed by atoms with E-state index in [9.17, 15) is 4.79 Å². The molecule has 0 amide bonds. The Morgan fingerprint density at radius 3 is 2.52 bits per heavy atom. The van der Waals surface area contributed by atoms with Gasteiger partial charge in [-0.25, -0.2) is 0 Å². The van der Waals surface area contributed by atoms with Crippen LogP contribution in [-0.2, 0) is 9.53 Å². The van der Waals surface area contributed by atoms with Crippen LogP contribution in [0.5, 0.6) is 5.75 Å². The first-order valence-electron chi connectivity index (χ1n) is 10.3. The first kappa shape index (κ1) is 21.7. The Morgan fingerprint density at radius 1 is 1.14 bits per heavy atom. The van der Waals surface area contributed by atoms with Crippen molar-refractivity contribution in [1.82, 2.24) is 5.32 Å². The number of methoxy groups -OCH3 is 2.